The third-order valence-corrected chi connectivity index (χ3v) is 3.24. The molecule has 1 aromatic heterocycles. The summed E-state index contributed by atoms with van der Waals surface area (Å²) in [6, 6.07) is 12.1. The summed E-state index contributed by atoms with van der Waals surface area (Å²) >= 11 is 9.18. The third kappa shape index (κ3) is 4.00. The van der Waals surface area contributed by atoms with E-state index in [9.17, 15) is 0 Å². The zero-order chi connectivity index (χ0) is 12.8. The predicted molar refractivity (Wildman–Crippen MR) is 77.2 cm³/mol. The Morgan fingerprint density at radius 3 is 2.72 bits per heavy atom. The van der Waals surface area contributed by atoms with Gasteiger partial charge in [0.2, 0.25) is 5.88 Å². The van der Waals surface area contributed by atoms with E-state index in [0.29, 0.717) is 17.5 Å². The van der Waals surface area contributed by atoms with Crippen LogP contribution in [0.4, 0.5) is 0 Å². The van der Waals surface area contributed by atoms with Crippen LogP contribution in [0.25, 0.3) is 0 Å². The fourth-order valence-corrected chi connectivity index (χ4v) is 2.35. The van der Waals surface area contributed by atoms with E-state index in [-0.39, 0.29) is 0 Å². The van der Waals surface area contributed by atoms with Gasteiger partial charge in [-0.05, 0) is 40.4 Å². The largest absolute Gasteiger partial charge is 0.477 e. The zero-order valence-electron chi connectivity index (χ0n) is 9.77. The zero-order valence-corrected chi connectivity index (χ0v) is 12.1. The number of rotatable bonds is 5. The van der Waals surface area contributed by atoms with Crippen LogP contribution in [0.5, 0.6) is 5.88 Å². The lowest BCUT2D eigenvalue weighted by Crippen LogP contribution is -2.01. The topological polar surface area (TPSA) is 22.1 Å². The monoisotopic (exact) mass is 325 g/mol. The highest BCUT2D eigenvalue weighted by Gasteiger charge is 2.03. The molecule has 4 heteroatoms. The van der Waals surface area contributed by atoms with Crippen LogP contribution < -0.4 is 4.74 Å². The summed E-state index contributed by atoms with van der Waals surface area (Å²) in [7, 11) is 0. The van der Waals surface area contributed by atoms with Crippen LogP contribution in [0.15, 0.2) is 47.1 Å². The van der Waals surface area contributed by atoms with Gasteiger partial charge in [0.25, 0.3) is 0 Å². The van der Waals surface area contributed by atoms with E-state index in [1.165, 1.54) is 5.56 Å². The Bertz CT molecular complexity index is 504. The number of halogens is 2. The van der Waals surface area contributed by atoms with E-state index in [0.717, 1.165) is 17.3 Å². The van der Waals surface area contributed by atoms with Crippen molar-refractivity contribution in [1.29, 1.82) is 0 Å². The van der Waals surface area contributed by atoms with Gasteiger partial charge in [-0.25, -0.2) is 4.98 Å². The summed E-state index contributed by atoms with van der Waals surface area (Å²) < 4.78 is 6.38. The molecule has 0 unspecified atom stereocenters. The van der Waals surface area contributed by atoms with Gasteiger partial charge in [0, 0.05) is 6.20 Å². The Balaban J connectivity index is 1.79. The number of nitrogens with zero attached hydrogens (tertiary/aromatic N) is 1. The van der Waals surface area contributed by atoms with Crippen molar-refractivity contribution >= 4 is 27.5 Å². The van der Waals surface area contributed by atoms with Gasteiger partial charge in [0.1, 0.15) is 0 Å². The van der Waals surface area contributed by atoms with Crippen LogP contribution in [0.1, 0.15) is 12.0 Å². The summed E-state index contributed by atoms with van der Waals surface area (Å²) in [5.74, 6) is 0.590. The second kappa shape index (κ2) is 6.76. The normalized spacial score (nSPS) is 10.3. The molecular weight excluding hydrogens is 314 g/mol. The standard InChI is InChI=1S/C14H13BrClNO/c15-13-9-12(16)10-17-14(13)18-8-4-7-11-5-2-1-3-6-11/h1-3,5-6,9-10H,4,7-8H2. The van der Waals surface area contributed by atoms with Crippen molar-refractivity contribution in [2.24, 2.45) is 0 Å². The molecule has 2 aromatic rings. The first-order valence-electron chi connectivity index (χ1n) is 5.73. The molecule has 0 atom stereocenters. The van der Waals surface area contributed by atoms with Crippen LogP contribution in [-0.4, -0.2) is 11.6 Å². The van der Waals surface area contributed by atoms with Crippen molar-refractivity contribution in [3.63, 3.8) is 0 Å². The molecule has 0 spiro atoms. The number of hydrogen-bond donors (Lipinski definition) is 0. The predicted octanol–water partition coefficient (Wildman–Crippen LogP) is 4.51. The number of pyridine rings is 1. The molecule has 2 nitrogen and oxygen atoms in total. The lowest BCUT2D eigenvalue weighted by molar-refractivity contribution is 0.297. The molecule has 0 bridgehead atoms. The van der Waals surface area contributed by atoms with E-state index in [2.05, 4.69) is 33.0 Å². The fraction of sp³-hybridized carbons (Fsp3) is 0.214. The molecule has 94 valence electrons. The van der Waals surface area contributed by atoms with Crippen LogP contribution in [0.3, 0.4) is 0 Å². The van der Waals surface area contributed by atoms with Crippen molar-refractivity contribution in [3.05, 3.63) is 57.7 Å². The van der Waals surface area contributed by atoms with E-state index in [1.807, 2.05) is 18.2 Å². The fourth-order valence-electron chi connectivity index (χ4n) is 1.60. The Morgan fingerprint density at radius 1 is 1.22 bits per heavy atom. The number of benzene rings is 1. The summed E-state index contributed by atoms with van der Waals surface area (Å²) in [5.41, 5.74) is 1.32. The molecule has 0 fully saturated rings. The molecule has 0 aliphatic rings. The summed E-state index contributed by atoms with van der Waals surface area (Å²) in [6.45, 7) is 0.641. The molecule has 0 saturated carbocycles. The van der Waals surface area contributed by atoms with Gasteiger partial charge in [-0.2, -0.15) is 0 Å². The molecule has 0 aliphatic carbocycles. The van der Waals surface area contributed by atoms with E-state index >= 15 is 0 Å². The smallest absolute Gasteiger partial charge is 0.228 e. The molecule has 0 aliphatic heterocycles. The Morgan fingerprint density at radius 2 is 2.00 bits per heavy atom. The van der Waals surface area contributed by atoms with Crippen molar-refractivity contribution in [3.8, 4) is 5.88 Å². The van der Waals surface area contributed by atoms with E-state index in [1.54, 1.807) is 12.3 Å². The van der Waals surface area contributed by atoms with Gasteiger partial charge in [0.05, 0.1) is 16.1 Å². The van der Waals surface area contributed by atoms with Gasteiger partial charge in [-0.3, -0.25) is 0 Å². The van der Waals surface area contributed by atoms with Gasteiger partial charge in [-0.1, -0.05) is 41.9 Å². The summed E-state index contributed by atoms with van der Waals surface area (Å²) in [6.07, 6.45) is 3.55. The first kappa shape index (κ1) is 13.4. The Hall–Kier alpha value is -1.06. The summed E-state index contributed by atoms with van der Waals surface area (Å²) in [4.78, 5) is 4.12. The Labute approximate surface area is 120 Å². The molecular formula is C14H13BrClNO. The number of hydrogen-bond acceptors (Lipinski definition) is 2. The summed E-state index contributed by atoms with van der Waals surface area (Å²) in [5, 5.41) is 0.596. The minimum atomic E-state index is 0.590. The average molecular weight is 327 g/mol. The van der Waals surface area contributed by atoms with Crippen LogP contribution >= 0.6 is 27.5 Å². The molecule has 18 heavy (non-hydrogen) atoms. The average Bonchev–Trinajstić information content (AvgIpc) is 2.38. The minimum absolute atomic E-state index is 0.590. The van der Waals surface area contributed by atoms with Crippen LogP contribution in [-0.2, 0) is 6.42 Å². The minimum Gasteiger partial charge on any atom is -0.477 e. The van der Waals surface area contributed by atoms with Crippen LogP contribution in [0.2, 0.25) is 5.02 Å². The maximum Gasteiger partial charge on any atom is 0.228 e. The quantitative estimate of drug-likeness (QED) is 0.754. The molecule has 2 rings (SSSR count). The maximum atomic E-state index is 5.81. The van der Waals surface area contributed by atoms with Crippen molar-refractivity contribution < 1.29 is 4.74 Å². The molecule has 0 N–H and O–H groups in total. The molecule has 0 amide bonds. The SMILES string of the molecule is Clc1cnc(OCCCc2ccccc2)c(Br)c1. The molecule has 1 heterocycles. The van der Waals surface area contributed by atoms with Crippen LogP contribution in [0, 0.1) is 0 Å². The van der Waals surface area contributed by atoms with E-state index < -0.39 is 0 Å². The van der Waals surface area contributed by atoms with Crippen molar-refractivity contribution in [2.75, 3.05) is 6.61 Å². The van der Waals surface area contributed by atoms with Gasteiger partial charge >= 0.3 is 0 Å². The first-order chi connectivity index (χ1) is 8.75. The lowest BCUT2D eigenvalue weighted by Gasteiger charge is -2.07. The highest BCUT2D eigenvalue weighted by atomic mass is 79.9. The number of aromatic nitrogens is 1. The first-order valence-corrected chi connectivity index (χ1v) is 6.90. The lowest BCUT2D eigenvalue weighted by atomic mass is 10.1. The maximum absolute atomic E-state index is 5.81. The number of ether oxygens (including phenoxy) is 1. The van der Waals surface area contributed by atoms with Gasteiger partial charge in [0.15, 0.2) is 0 Å². The van der Waals surface area contributed by atoms with Gasteiger partial charge < -0.3 is 4.74 Å². The highest BCUT2D eigenvalue weighted by molar-refractivity contribution is 9.10. The van der Waals surface area contributed by atoms with Crippen molar-refractivity contribution in [2.45, 2.75) is 12.8 Å². The molecule has 1 aromatic carbocycles. The van der Waals surface area contributed by atoms with E-state index in [4.69, 9.17) is 16.3 Å². The van der Waals surface area contributed by atoms with Gasteiger partial charge in [-0.15, -0.1) is 0 Å². The third-order valence-electron chi connectivity index (χ3n) is 2.47. The molecule has 0 radical (unpaired) electrons. The number of aryl methyl sites for hydroxylation is 1. The second-order valence-electron chi connectivity index (χ2n) is 3.88. The molecule has 0 saturated heterocycles. The van der Waals surface area contributed by atoms with Crippen molar-refractivity contribution in [1.82, 2.24) is 4.98 Å². The second-order valence-corrected chi connectivity index (χ2v) is 5.17. The Kier molecular flexibility index (Phi) is 5.02. The highest BCUT2D eigenvalue weighted by Crippen LogP contribution is 2.25.